The molecule has 0 radical (unpaired) electrons. The van der Waals surface area contributed by atoms with Gasteiger partial charge in [-0.25, -0.2) is 8.42 Å². The van der Waals surface area contributed by atoms with Crippen molar-refractivity contribution in [3.8, 4) is 0 Å². The average molecular weight is 289 g/mol. The maximum Gasteiger partial charge on any atom is 0.152 e. The molecule has 1 unspecified atom stereocenters. The van der Waals surface area contributed by atoms with Crippen LogP contribution in [0.5, 0.6) is 0 Å². The molecule has 0 saturated carbocycles. The highest BCUT2D eigenvalue weighted by Gasteiger charge is 2.37. The Balaban J connectivity index is 1.97. The molecule has 0 aliphatic carbocycles. The number of sulfone groups is 1. The van der Waals surface area contributed by atoms with E-state index in [-0.39, 0.29) is 5.54 Å². The van der Waals surface area contributed by atoms with Crippen molar-refractivity contribution in [2.45, 2.75) is 77.2 Å². The minimum atomic E-state index is -2.78. The molecule has 1 rings (SSSR count). The molecule has 0 amide bonds. The molecular formula is C15H31NO2S. The van der Waals surface area contributed by atoms with Gasteiger partial charge >= 0.3 is 0 Å². The summed E-state index contributed by atoms with van der Waals surface area (Å²) < 4.78 is 22.9. The third kappa shape index (κ3) is 7.31. The van der Waals surface area contributed by atoms with E-state index in [0.29, 0.717) is 11.5 Å². The largest absolute Gasteiger partial charge is 0.310 e. The van der Waals surface area contributed by atoms with Gasteiger partial charge in [-0.2, -0.15) is 0 Å². The van der Waals surface area contributed by atoms with Gasteiger partial charge in [0.2, 0.25) is 0 Å². The SMILES string of the molecule is CCCCCCCCCCNC1(C)CCS(=O)(=O)C1. The summed E-state index contributed by atoms with van der Waals surface area (Å²) in [5, 5.41) is 3.45. The maximum atomic E-state index is 11.5. The van der Waals surface area contributed by atoms with E-state index in [2.05, 4.69) is 12.2 Å². The molecular weight excluding hydrogens is 258 g/mol. The third-order valence-electron chi connectivity index (χ3n) is 4.09. The normalized spacial score (nSPS) is 25.8. The first kappa shape index (κ1) is 17.0. The van der Waals surface area contributed by atoms with E-state index in [1.165, 1.54) is 51.4 Å². The fourth-order valence-electron chi connectivity index (χ4n) is 2.80. The topological polar surface area (TPSA) is 46.2 Å². The van der Waals surface area contributed by atoms with E-state index in [1.807, 2.05) is 6.92 Å². The fraction of sp³-hybridized carbons (Fsp3) is 1.00. The van der Waals surface area contributed by atoms with Crippen LogP contribution in [0.1, 0.15) is 71.6 Å². The van der Waals surface area contributed by atoms with Crippen molar-refractivity contribution in [3.05, 3.63) is 0 Å². The van der Waals surface area contributed by atoms with Gasteiger partial charge in [0.15, 0.2) is 9.84 Å². The van der Waals surface area contributed by atoms with E-state index in [4.69, 9.17) is 0 Å². The minimum absolute atomic E-state index is 0.167. The van der Waals surface area contributed by atoms with E-state index in [9.17, 15) is 8.42 Å². The van der Waals surface area contributed by atoms with Crippen LogP contribution in [-0.4, -0.2) is 32.0 Å². The highest BCUT2D eigenvalue weighted by molar-refractivity contribution is 7.91. The van der Waals surface area contributed by atoms with Gasteiger partial charge < -0.3 is 5.32 Å². The molecule has 1 aliphatic heterocycles. The molecule has 1 heterocycles. The van der Waals surface area contributed by atoms with Gasteiger partial charge in [0.1, 0.15) is 0 Å². The van der Waals surface area contributed by atoms with Gasteiger partial charge in [0.05, 0.1) is 11.5 Å². The second kappa shape index (κ2) is 8.25. The summed E-state index contributed by atoms with van der Waals surface area (Å²) in [7, 11) is -2.78. The third-order valence-corrected chi connectivity index (χ3v) is 5.99. The lowest BCUT2D eigenvalue weighted by Gasteiger charge is -2.23. The molecule has 0 aromatic rings. The van der Waals surface area contributed by atoms with Crippen molar-refractivity contribution in [2.75, 3.05) is 18.1 Å². The molecule has 3 nitrogen and oxygen atoms in total. The number of nitrogens with one attached hydrogen (secondary N) is 1. The lowest BCUT2D eigenvalue weighted by molar-refractivity contribution is 0.389. The molecule has 1 aliphatic rings. The van der Waals surface area contributed by atoms with Gasteiger partial charge in [0.25, 0.3) is 0 Å². The Morgan fingerprint density at radius 3 is 2.11 bits per heavy atom. The van der Waals surface area contributed by atoms with Gasteiger partial charge in [-0.15, -0.1) is 0 Å². The summed E-state index contributed by atoms with van der Waals surface area (Å²) in [5.74, 6) is 0.672. The molecule has 0 aromatic carbocycles. The van der Waals surface area contributed by atoms with Crippen LogP contribution >= 0.6 is 0 Å². The van der Waals surface area contributed by atoms with Crippen molar-refractivity contribution in [3.63, 3.8) is 0 Å². The van der Waals surface area contributed by atoms with Crippen LogP contribution in [0.15, 0.2) is 0 Å². The first-order valence-corrected chi connectivity index (χ1v) is 9.75. The number of unbranched alkanes of at least 4 members (excludes halogenated alkanes) is 7. The van der Waals surface area contributed by atoms with Crippen LogP contribution < -0.4 is 5.32 Å². The Hall–Kier alpha value is -0.0900. The summed E-state index contributed by atoms with van der Waals surface area (Å²) >= 11 is 0. The number of hydrogen-bond donors (Lipinski definition) is 1. The first-order valence-electron chi connectivity index (χ1n) is 7.93. The molecule has 4 heteroatoms. The summed E-state index contributed by atoms with van der Waals surface area (Å²) in [6.07, 6.45) is 11.3. The second-order valence-electron chi connectivity index (χ2n) is 6.30. The zero-order chi connectivity index (χ0) is 14.2. The highest BCUT2D eigenvalue weighted by Crippen LogP contribution is 2.22. The van der Waals surface area contributed by atoms with Crippen LogP contribution in [0.2, 0.25) is 0 Å². The first-order chi connectivity index (χ1) is 8.97. The quantitative estimate of drug-likeness (QED) is 0.628. The van der Waals surface area contributed by atoms with E-state index in [1.54, 1.807) is 0 Å². The second-order valence-corrected chi connectivity index (χ2v) is 8.49. The Bertz CT molecular complexity index is 340. The van der Waals surface area contributed by atoms with Crippen LogP contribution in [-0.2, 0) is 9.84 Å². The predicted octanol–water partition coefficient (Wildman–Crippen LogP) is 3.29. The van der Waals surface area contributed by atoms with Gasteiger partial charge in [-0.3, -0.25) is 0 Å². The molecule has 1 fully saturated rings. The van der Waals surface area contributed by atoms with Crippen molar-refractivity contribution in [1.29, 1.82) is 0 Å². The van der Waals surface area contributed by atoms with E-state index in [0.717, 1.165) is 13.0 Å². The zero-order valence-corrected chi connectivity index (χ0v) is 13.5. The van der Waals surface area contributed by atoms with Gasteiger partial charge in [0, 0.05) is 5.54 Å². The van der Waals surface area contributed by atoms with Crippen molar-refractivity contribution in [1.82, 2.24) is 5.32 Å². The lowest BCUT2D eigenvalue weighted by atomic mass is 10.0. The Kier molecular flexibility index (Phi) is 7.37. The standard InChI is InChI=1S/C15H31NO2S/c1-3-4-5-6-7-8-9-10-12-16-15(2)11-13-19(17,18)14-15/h16H,3-14H2,1-2H3. The monoisotopic (exact) mass is 289 g/mol. The van der Waals surface area contributed by atoms with Gasteiger partial charge in [-0.1, -0.05) is 51.9 Å². The lowest BCUT2D eigenvalue weighted by Crippen LogP contribution is -2.43. The zero-order valence-electron chi connectivity index (χ0n) is 12.7. The molecule has 0 spiro atoms. The fourth-order valence-corrected chi connectivity index (χ4v) is 4.92. The van der Waals surface area contributed by atoms with Crippen LogP contribution in [0.25, 0.3) is 0 Å². The van der Waals surface area contributed by atoms with E-state index >= 15 is 0 Å². The summed E-state index contributed by atoms with van der Waals surface area (Å²) in [6, 6.07) is 0. The van der Waals surface area contributed by atoms with Crippen LogP contribution in [0.4, 0.5) is 0 Å². The molecule has 0 aromatic heterocycles. The van der Waals surface area contributed by atoms with Crippen LogP contribution in [0, 0.1) is 0 Å². The Labute approximate surface area is 119 Å². The average Bonchev–Trinajstić information content (AvgIpc) is 2.62. The minimum Gasteiger partial charge on any atom is -0.310 e. The van der Waals surface area contributed by atoms with Gasteiger partial charge in [-0.05, 0) is 26.3 Å². The Morgan fingerprint density at radius 2 is 1.58 bits per heavy atom. The van der Waals surface area contributed by atoms with E-state index < -0.39 is 9.84 Å². The number of rotatable bonds is 10. The molecule has 0 bridgehead atoms. The summed E-state index contributed by atoms with van der Waals surface area (Å²) in [6.45, 7) is 5.25. The maximum absolute atomic E-state index is 11.5. The molecule has 1 N–H and O–H groups in total. The van der Waals surface area contributed by atoms with Crippen molar-refractivity contribution >= 4 is 9.84 Å². The predicted molar refractivity (Wildman–Crippen MR) is 82.3 cm³/mol. The summed E-state index contributed by atoms with van der Waals surface area (Å²) in [5.41, 5.74) is -0.167. The van der Waals surface area contributed by atoms with Crippen molar-refractivity contribution in [2.24, 2.45) is 0 Å². The molecule has 19 heavy (non-hydrogen) atoms. The molecule has 1 atom stereocenters. The van der Waals surface area contributed by atoms with Crippen molar-refractivity contribution < 1.29 is 8.42 Å². The highest BCUT2D eigenvalue weighted by atomic mass is 32.2. The Morgan fingerprint density at radius 1 is 1.00 bits per heavy atom. The molecule has 1 saturated heterocycles. The molecule has 114 valence electrons. The number of hydrogen-bond acceptors (Lipinski definition) is 3. The summed E-state index contributed by atoms with van der Waals surface area (Å²) in [4.78, 5) is 0. The smallest absolute Gasteiger partial charge is 0.152 e. The van der Waals surface area contributed by atoms with Crippen LogP contribution in [0.3, 0.4) is 0 Å².